The van der Waals surface area contributed by atoms with E-state index in [1.807, 2.05) is 36.4 Å². The highest BCUT2D eigenvalue weighted by Gasteiger charge is 2.28. The lowest BCUT2D eigenvalue weighted by Crippen LogP contribution is -2.22. The van der Waals surface area contributed by atoms with Crippen molar-refractivity contribution in [3.8, 4) is 5.69 Å². The summed E-state index contributed by atoms with van der Waals surface area (Å²) in [6, 6.07) is 11.5. The van der Waals surface area contributed by atoms with Crippen LogP contribution in [-0.4, -0.2) is 40.7 Å². The Morgan fingerprint density at radius 2 is 1.90 bits per heavy atom. The van der Waals surface area contributed by atoms with E-state index in [1.165, 1.54) is 6.92 Å². The molecule has 2 N–H and O–H groups in total. The Morgan fingerprint density at radius 3 is 2.60 bits per heavy atom. The first-order chi connectivity index (χ1) is 14.5. The van der Waals surface area contributed by atoms with E-state index in [0.29, 0.717) is 24.7 Å². The largest absolute Gasteiger partial charge is 0.456 e. The van der Waals surface area contributed by atoms with E-state index in [9.17, 15) is 14.4 Å². The number of carbonyl (C=O) groups excluding carboxylic acids is 3. The number of rotatable bonds is 11. The molecule has 2 aromatic rings. The monoisotopic (exact) mass is 412 g/mol. The zero-order valence-corrected chi connectivity index (χ0v) is 17.2. The molecule has 0 bridgehead atoms. The van der Waals surface area contributed by atoms with Crippen molar-refractivity contribution >= 4 is 23.6 Å². The minimum atomic E-state index is -0.403. The van der Waals surface area contributed by atoms with E-state index in [4.69, 9.17) is 4.74 Å². The summed E-state index contributed by atoms with van der Waals surface area (Å²) in [6.07, 6.45) is 4.75. The predicted molar refractivity (Wildman–Crippen MR) is 112 cm³/mol. The van der Waals surface area contributed by atoms with Crippen molar-refractivity contribution in [3.05, 3.63) is 42.1 Å². The van der Waals surface area contributed by atoms with E-state index in [1.54, 1.807) is 4.68 Å². The third kappa shape index (κ3) is 6.72. The van der Waals surface area contributed by atoms with Gasteiger partial charge in [-0.05, 0) is 37.8 Å². The van der Waals surface area contributed by atoms with E-state index < -0.39 is 11.9 Å². The van der Waals surface area contributed by atoms with Gasteiger partial charge in [0.05, 0.1) is 11.4 Å². The van der Waals surface area contributed by atoms with Gasteiger partial charge in [-0.15, -0.1) is 0 Å². The number of unbranched alkanes of at least 4 members (excludes halogenated alkanes) is 2. The van der Waals surface area contributed by atoms with Gasteiger partial charge < -0.3 is 15.4 Å². The second-order valence-corrected chi connectivity index (χ2v) is 7.48. The molecule has 0 spiro atoms. The Labute approximate surface area is 176 Å². The number of para-hydroxylation sites is 1. The van der Waals surface area contributed by atoms with Crippen LogP contribution in [0.3, 0.4) is 0 Å². The number of ether oxygens (including phenoxy) is 1. The lowest BCUT2D eigenvalue weighted by molar-refractivity contribution is -0.147. The SMILES string of the molecule is CC(=O)NCCCCCC(=O)OCC(=O)Nc1cc(C2CC2)nn1-c1ccccc1. The second kappa shape index (κ2) is 10.6. The van der Waals surface area contributed by atoms with E-state index in [0.717, 1.165) is 37.1 Å². The normalized spacial score (nSPS) is 13.0. The molecule has 0 aliphatic heterocycles. The summed E-state index contributed by atoms with van der Waals surface area (Å²) in [5.41, 5.74) is 1.82. The van der Waals surface area contributed by atoms with Crippen LogP contribution < -0.4 is 10.6 Å². The lowest BCUT2D eigenvalue weighted by atomic mass is 10.2. The van der Waals surface area contributed by atoms with Gasteiger partial charge in [0.25, 0.3) is 5.91 Å². The molecular weight excluding hydrogens is 384 g/mol. The number of hydrogen-bond acceptors (Lipinski definition) is 5. The van der Waals surface area contributed by atoms with Crippen molar-refractivity contribution in [2.75, 3.05) is 18.5 Å². The summed E-state index contributed by atoms with van der Waals surface area (Å²) >= 11 is 0. The average molecular weight is 412 g/mol. The topological polar surface area (TPSA) is 102 Å². The maximum absolute atomic E-state index is 12.3. The molecule has 1 aliphatic rings. The fourth-order valence-corrected chi connectivity index (χ4v) is 3.07. The van der Waals surface area contributed by atoms with Gasteiger partial charge >= 0.3 is 5.97 Å². The zero-order valence-electron chi connectivity index (χ0n) is 17.2. The highest BCUT2D eigenvalue weighted by Crippen LogP contribution is 2.40. The number of carbonyl (C=O) groups is 3. The van der Waals surface area contributed by atoms with Crippen molar-refractivity contribution in [3.63, 3.8) is 0 Å². The highest BCUT2D eigenvalue weighted by atomic mass is 16.5. The Morgan fingerprint density at radius 1 is 1.13 bits per heavy atom. The average Bonchev–Trinajstić information content (AvgIpc) is 3.50. The molecule has 3 rings (SSSR count). The van der Waals surface area contributed by atoms with E-state index >= 15 is 0 Å². The summed E-state index contributed by atoms with van der Waals surface area (Å²) < 4.78 is 6.79. The highest BCUT2D eigenvalue weighted by molar-refractivity contribution is 5.92. The van der Waals surface area contributed by atoms with Crippen molar-refractivity contribution in [1.29, 1.82) is 0 Å². The Bertz CT molecular complexity index is 875. The van der Waals surface area contributed by atoms with E-state index in [-0.39, 0.29) is 18.9 Å². The van der Waals surface area contributed by atoms with Gasteiger partial charge in [-0.25, -0.2) is 4.68 Å². The molecule has 8 heteroatoms. The first-order valence-electron chi connectivity index (χ1n) is 10.4. The van der Waals surface area contributed by atoms with E-state index in [2.05, 4.69) is 15.7 Å². The van der Waals surface area contributed by atoms with Crippen LogP contribution in [-0.2, 0) is 19.1 Å². The number of hydrogen-bond donors (Lipinski definition) is 2. The van der Waals surface area contributed by atoms with Crippen molar-refractivity contribution in [2.24, 2.45) is 0 Å². The van der Waals surface area contributed by atoms with Crippen molar-refractivity contribution in [1.82, 2.24) is 15.1 Å². The standard InChI is InChI=1S/C22H28N4O4/c1-16(27)23-13-7-3-6-10-22(29)30-15-21(28)24-20-14-19(17-11-12-17)25-26(20)18-8-4-2-5-9-18/h2,4-5,8-9,14,17H,3,6-7,10-13,15H2,1H3,(H,23,27)(H,24,28). The summed E-state index contributed by atoms with van der Waals surface area (Å²) in [5.74, 6) is 0.169. The van der Waals surface area contributed by atoms with Gasteiger partial charge in [-0.2, -0.15) is 5.10 Å². The molecule has 0 unspecified atom stereocenters. The van der Waals surface area contributed by atoms with Gasteiger partial charge in [-0.3, -0.25) is 14.4 Å². The molecule has 8 nitrogen and oxygen atoms in total. The van der Waals surface area contributed by atoms with Crippen LogP contribution in [0.5, 0.6) is 0 Å². The summed E-state index contributed by atoms with van der Waals surface area (Å²) in [6.45, 7) is 1.75. The fraction of sp³-hybridized carbons (Fsp3) is 0.455. The molecule has 0 saturated heterocycles. The van der Waals surface area contributed by atoms with Crippen LogP contribution in [0.25, 0.3) is 5.69 Å². The van der Waals surface area contributed by atoms with Crippen LogP contribution in [0.15, 0.2) is 36.4 Å². The molecule has 1 aliphatic carbocycles. The molecule has 30 heavy (non-hydrogen) atoms. The number of benzene rings is 1. The minimum absolute atomic E-state index is 0.0571. The quantitative estimate of drug-likeness (QED) is 0.436. The Hall–Kier alpha value is -3.16. The maximum Gasteiger partial charge on any atom is 0.306 e. The summed E-state index contributed by atoms with van der Waals surface area (Å²) in [5, 5.41) is 10.2. The third-order valence-electron chi connectivity index (χ3n) is 4.79. The Kier molecular flexibility index (Phi) is 7.59. The zero-order chi connectivity index (χ0) is 21.3. The second-order valence-electron chi connectivity index (χ2n) is 7.48. The number of aromatic nitrogens is 2. The summed E-state index contributed by atoms with van der Waals surface area (Å²) in [4.78, 5) is 34.9. The maximum atomic E-state index is 12.3. The molecular formula is C22H28N4O4. The first kappa shape index (κ1) is 21.5. The van der Waals surface area contributed by atoms with Crippen LogP contribution in [0.4, 0.5) is 5.82 Å². The third-order valence-corrected chi connectivity index (χ3v) is 4.79. The van der Waals surface area contributed by atoms with Crippen LogP contribution in [0.2, 0.25) is 0 Å². The van der Waals surface area contributed by atoms with Crippen LogP contribution >= 0.6 is 0 Å². The smallest absolute Gasteiger partial charge is 0.306 e. The molecule has 1 fully saturated rings. The van der Waals surface area contributed by atoms with Crippen molar-refractivity contribution < 1.29 is 19.1 Å². The molecule has 1 heterocycles. The van der Waals surface area contributed by atoms with Gasteiger partial charge in [0, 0.05) is 31.9 Å². The van der Waals surface area contributed by atoms with Gasteiger partial charge in [0.15, 0.2) is 6.61 Å². The number of nitrogens with zero attached hydrogens (tertiary/aromatic N) is 2. The fourth-order valence-electron chi connectivity index (χ4n) is 3.07. The summed E-state index contributed by atoms with van der Waals surface area (Å²) in [7, 11) is 0. The molecule has 0 radical (unpaired) electrons. The lowest BCUT2D eigenvalue weighted by Gasteiger charge is -2.09. The van der Waals surface area contributed by atoms with Gasteiger partial charge in [0.2, 0.25) is 5.91 Å². The molecule has 1 aromatic heterocycles. The number of anilines is 1. The van der Waals surface area contributed by atoms with Gasteiger partial charge in [-0.1, -0.05) is 24.6 Å². The Balaban J connectivity index is 1.44. The molecule has 1 aromatic carbocycles. The molecule has 1 saturated carbocycles. The van der Waals surface area contributed by atoms with Crippen LogP contribution in [0.1, 0.15) is 57.1 Å². The number of nitrogens with one attached hydrogen (secondary N) is 2. The molecule has 160 valence electrons. The minimum Gasteiger partial charge on any atom is -0.456 e. The predicted octanol–water partition coefficient (Wildman–Crippen LogP) is 2.93. The molecule has 0 atom stereocenters. The molecule has 2 amide bonds. The first-order valence-corrected chi connectivity index (χ1v) is 10.4. The van der Waals surface area contributed by atoms with Gasteiger partial charge in [0.1, 0.15) is 5.82 Å². The number of amides is 2. The number of esters is 1. The van der Waals surface area contributed by atoms with Crippen molar-refractivity contribution in [2.45, 2.75) is 51.4 Å². The van der Waals surface area contributed by atoms with Crippen LogP contribution in [0, 0.1) is 0 Å².